The van der Waals surface area contributed by atoms with Crippen LogP contribution in [0.4, 0.5) is 0 Å². The molecule has 0 radical (unpaired) electrons. The molecule has 2 fully saturated rings. The van der Waals surface area contributed by atoms with Crippen LogP contribution in [-0.2, 0) is 28.6 Å². The third-order valence-electron chi connectivity index (χ3n) is 6.01. The van der Waals surface area contributed by atoms with Crippen LogP contribution in [0, 0.1) is 23.2 Å². The topological polar surface area (TPSA) is 78.9 Å². The molecule has 0 aromatic rings. The normalized spacial score (nSPS) is 31.6. The van der Waals surface area contributed by atoms with E-state index in [9.17, 15) is 14.4 Å². The van der Waals surface area contributed by atoms with Gasteiger partial charge in [-0.1, -0.05) is 20.3 Å². The first kappa shape index (κ1) is 20.7. The summed E-state index contributed by atoms with van der Waals surface area (Å²) in [5.74, 6) is -0.743. The summed E-state index contributed by atoms with van der Waals surface area (Å²) in [6, 6.07) is 0. The summed E-state index contributed by atoms with van der Waals surface area (Å²) in [5, 5.41) is 0. The van der Waals surface area contributed by atoms with Gasteiger partial charge < -0.3 is 14.2 Å². The SMILES string of the molecule is CCC1CC2CC(C1)C(OC(=O)COC(=O)C(C)(C)CC)C(C)OC2=O. The first-order valence-corrected chi connectivity index (χ1v) is 9.75. The van der Waals surface area contributed by atoms with Crippen molar-refractivity contribution in [2.24, 2.45) is 23.2 Å². The highest BCUT2D eigenvalue weighted by molar-refractivity contribution is 5.80. The van der Waals surface area contributed by atoms with Gasteiger partial charge in [0.15, 0.2) is 6.61 Å². The van der Waals surface area contributed by atoms with Gasteiger partial charge in [0.1, 0.15) is 12.2 Å². The predicted octanol–water partition coefficient (Wildman–Crippen LogP) is 3.27. The Balaban J connectivity index is 1.99. The second-order valence-corrected chi connectivity index (χ2v) is 8.35. The minimum Gasteiger partial charge on any atom is -0.458 e. The Morgan fingerprint density at radius 1 is 1.19 bits per heavy atom. The van der Waals surface area contributed by atoms with Crippen LogP contribution < -0.4 is 0 Å². The van der Waals surface area contributed by atoms with E-state index < -0.39 is 36.2 Å². The van der Waals surface area contributed by atoms with Crippen molar-refractivity contribution in [1.29, 1.82) is 0 Å². The zero-order valence-corrected chi connectivity index (χ0v) is 16.6. The molecular formula is C20H32O6. The molecule has 0 N–H and O–H groups in total. The highest BCUT2D eigenvalue weighted by Gasteiger charge is 2.44. The molecule has 6 nitrogen and oxygen atoms in total. The van der Waals surface area contributed by atoms with Crippen LogP contribution in [0.3, 0.4) is 0 Å². The molecule has 148 valence electrons. The number of carbonyl (C=O) groups is 3. The molecule has 1 aliphatic carbocycles. The zero-order chi connectivity index (χ0) is 19.5. The van der Waals surface area contributed by atoms with Crippen LogP contribution in [0.2, 0.25) is 0 Å². The Morgan fingerprint density at radius 2 is 1.88 bits per heavy atom. The van der Waals surface area contributed by atoms with E-state index in [4.69, 9.17) is 14.2 Å². The molecule has 0 spiro atoms. The smallest absolute Gasteiger partial charge is 0.344 e. The van der Waals surface area contributed by atoms with Gasteiger partial charge in [-0.05, 0) is 52.4 Å². The van der Waals surface area contributed by atoms with Crippen LogP contribution >= 0.6 is 0 Å². The lowest BCUT2D eigenvalue weighted by atomic mass is 9.72. The largest absolute Gasteiger partial charge is 0.458 e. The maximum atomic E-state index is 12.3. The Labute approximate surface area is 155 Å². The molecule has 26 heavy (non-hydrogen) atoms. The van der Waals surface area contributed by atoms with Crippen molar-refractivity contribution in [1.82, 2.24) is 0 Å². The van der Waals surface area contributed by atoms with Gasteiger partial charge in [-0.15, -0.1) is 0 Å². The molecule has 2 rings (SSSR count). The van der Waals surface area contributed by atoms with E-state index in [1.54, 1.807) is 20.8 Å². The van der Waals surface area contributed by atoms with E-state index in [0.717, 1.165) is 19.3 Å². The molecule has 2 bridgehead atoms. The van der Waals surface area contributed by atoms with Gasteiger partial charge in [-0.25, -0.2) is 4.79 Å². The summed E-state index contributed by atoms with van der Waals surface area (Å²) >= 11 is 0. The number of rotatable bonds is 6. The minimum absolute atomic E-state index is 0.104. The molecule has 2 aliphatic rings. The number of ether oxygens (including phenoxy) is 3. The average Bonchev–Trinajstić information content (AvgIpc) is 2.69. The molecule has 5 atom stereocenters. The van der Waals surface area contributed by atoms with Gasteiger partial charge in [-0.2, -0.15) is 0 Å². The summed E-state index contributed by atoms with van der Waals surface area (Å²) in [4.78, 5) is 36.5. The van der Waals surface area contributed by atoms with Crippen molar-refractivity contribution in [2.45, 2.75) is 78.9 Å². The molecule has 1 heterocycles. The van der Waals surface area contributed by atoms with Crippen molar-refractivity contribution < 1.29 is 28.6 Å². The predicted molar refractivity (Wildman–Crippen MR) is 95.1 cm³/mol. The number of carbonyl (C=O) groups excluding carboxylic acids is 3. The van der Waals surface area contributed by atoms with Crippen molar-refractivity contribution in [2.75, 3.05) is 6.61 Å². The molecule has 1 saturated heterocycles. The highest BCUT2D eigenvalue weighted by Crippen LogP contribution is 2.41. The Bertz CT molecular complexity index is 540. The van der Waals surface area contributed by atoms with Crippen molar-refractivity contribution in [3.63, 3.8) is 0 Å². The average molecular weight is 368 g/mol. The lowest BCUT2D eigenvalue weighted by Gasteiger charge is -2.34. The number of fused-ring (bicyclic) bond motifs is 2. The number of hydrogen-bond acceptors (Lipinski definition) is 6. The van der Waals surface area contributed by atoms with E-state index in [0.29, 0.717) is 18.8 Å². The summed E-state index contributed by atoms with van der Waals surface area (Å²) in [6.45, 7) is 8.93. The fraction of sp³-hybridized carbons (Fsp3) is 0.850. The third-order valence-corrected chi connectivity index (χ3v) is 6.01. The van der Waals surface area contributed by atoms with Gasteiger partial charge in [0, 0.05) is 5.92 Å². The van der Waals surface area contributed by atoms with Gasteiger partial charge >= 0.3 is 17.9 Å². The number of hydrogen-bond donors (Lipinski definition) is 0. The van der Waals surface area contributed by atoms with Crippen molar-refractivity contribution >= 4 is 17.9 Å². The fourth-order valence-electron chi connectivity index (χ4n) is 3.85. The lowest BCUT2D eigenvalue weighted by molar-refractivity contribution is -0.175. The molecular weight excluding hydrogens is 336 g/mol. The minimum atomic E-state index is -0.629. The van der Waals surface area contributed by atoms with Gasteiger partial charge in [0.25, 0.3) is 0 Å². The van der Waals surface area contributed by atoms with E-state index in [2.05, 4.69) is 6.92 Å². The van der Waals surface area contributed by atoms with Crippen LogP contribution in [0.25, 0.3) is 0 Å². The van der Waals surface area contributed by atoms with E-state index in [1.807, 2.05) is 6.92 Å². The first-order valence-electron chi connectivity index (χ1n) is 9.75. The quantitative estimate of drug-likeness (QED) is 0.529. The molecule has 5 unspecified atom stereocenters. The molecule has 0 aromatic carbocycles. The van der Waals surface area contributed by atoms with E-state index in [1.165, 1.54) is 0 Å². The van der Waals surface area contributed by atoms with E-state index >= 15 is 0 Å². The third kappa shape index (κ3) is 4.77. The van der Waals surface area contributed by atoms with Crippen molar-refractivity contribution in [3.05, 3.63) is 0 Å². The maximum absolute atomic E-state index is 12.3. The molecule has 1 aliphatic heterocycles. The molecule has 6 heteroatoms. The van der Waals surface area contributed by atoms with Crippen LogP contribution in [0.15, 0.2) is 0 Å². The lowest BCUT2D eigenvalue weighted by Crippen LogP contribution is -2.39. The van der Waals surface area contributed by atoms with Gasteiger partial charge in [0.05, 0.1) is 11.3 Å². The fourth-order valence-corrected chi connectivity index (χ4v) is 3.85. The van der Waals surface area contributed by atoms with Crippen LogP contribution in [0.1, 0.15) is 66.7 Å². The molecule has 0 aromatic heterocycles. The number of esters is 3. The zero-order valence-electron chi connectivity index (χ0n) is 16.6. The van der Waals surface area contributed by atoms with Gasteiger partial charge in [-0.3, -0.25) is 9.59 Å². The first-order chi connectivity index (χ1) is 12.2. The van der Waals surface area contributed by atoms with Crippen LogP contribution in [0.5, 0.6) is 0 Å². The Kier molecular flexibility index (Phi) is 6.69. The van der Waals surface area contributed by atoms with Gasteiger partial charge in [0.2, 0.25) is 0 Å². The summed E-state index contributed by atoms with van der Waals surface area (Å²) in [6.07, 6.45) is 3.12. The summed E-state index contributed by atoms with van der Waals surface area (Å²) in [7, 11) is 0. The molecule has 1 saturated carbocycles. The Morgan fingerprint density at radius 3 is 2.50 bits per heavy atom. The monoisotopic (exact) mass is 368 g/mol. The summed E-state index contributed by atoms with van der Waals surface area (Å²) < 4.78 is 16.2. The summed E-state index contributed by atoms with van der Waals surface area (Å²) in [5.41, 5.74) is -0.629. The second kappa shape index (κ2) is 8.40. The Hall–Kier alpha value is -1.59. The maximum Gasteiger partial charge on any atom is 0.344 e. The van der Waals surface area contributed by atoms with Crippen LogP contribution in [-0.4, -0.2) is 36.7 Å². The highest BCUT2D eigenvalue weighted by atomic mass is 16.6. The van der Waals surface area contributed by atoms with Crippen molar-refractivity contribution in [3.8, 4) is 0 Å². The second-order valence-electron chi connectivity index (χ2n) is 8.35. The standard InChI is InChI=1S/C20H32O6/c1-6-13-8-14-10-15(9-13)18(22)25-12(3)17(14)26-16(21)11-24-19(23)20(4,5)7-2/h12-15,17H,6-11H2,1-5H3. The van der Waals surface area contributed by atoms with E-state index in [-0.39, 0.29) is 17.8 Å². The molecule has 0 amide bonds. The number of cyclic esters (lactones) is 1.